The highest BCUT2D eigenvalue weighted by molar-refractivity contribution is 7.55. The second-order valence-electron chi connectivity index (χ2n) is 4.80. The number of rotatable bonds is 8. The molecule has 8 heteroatoms. The predicted octanol–water partition coefficient (Wildman–Crippen LogP) is 3.43. The lowest BCUT2D eigenvalue weighted by Gasteiger charge is -2.30. The molecule has 0 bridgehead atoms. The Bertz CT molecular complexity index is 405. The van der Waals surface area contributed by atoms with Crippen LogP contribution in [0.15, 0.2) is 0 Å². The molecule has 0 spiro atoms. The minimum atomic E-state index is -4.62. The van der Waals surface area contributed by atoms with E-state index in [1.807, 2.05) is 0 Å². The van der Waals surface area contributed by atoms with Gasteiger partial charge in [-0.25, -0.2) is 0 Å². The number of carbonyl (C=O) groups excluding carboxylic acids is 1. The van der Waals surface area contributed by atoms with E-state index < -0.39 is 30.6 Å². The second-order valence-corrected chi connectivity index (χ2v) is 6.87. The maximum absolute atomic E-state index is 14.5. The van der Waals surface area contributed by atoms with Crippen LogP contribution in [0.1, 0.15) is 34.1 Å². The molecule has 0 radical (unpaired) electrons. The number of carbonyl (C=O) groups is 1. The van der Waals surface area contributed by atoms with Gasteiger partial charge in [0.1, 0.15) is 0 Å². The molecule has 0 aliphatic heterocycles. The van der Waals surface area contributed by atoms with Crippen molar-refractivity contribution in [1.82, 2.24) is 0 Å². The molecule has 0 aromatic heterocycles. The molecule has 1 saturated carbocycles. The third-order valence-corrected chi connectivity index (χ3v) is 5.83. The van der Waals surface area contributed by atoms with Crippen LogP contribution in [-0.4, -0.2) is 31.5 Å². The molecular weight excluding hydrogens is 293 g/mol. The van der Waals surface area contributed by atoms with Crippen LogP contribution in [0.4, 0.5) is 8.78 Å². The molecular formula is C12H21F2O5P. The Morgan fingerprint density at radius 3 is 2.15 bits per heavy atom. The fraction of sp³-hybridized carbons (Fsp3) is 0.917. The quantitative estimate of drug-likeness (QED) is 0.507. The predicted molar refractivity (Wildman–Crippen MR) is 68.7 cm³/mol. The minimum absolute atomic E-state index is 0.0943. The van der Waals surface area contributed by atoms with E-state index >= 15 is 0 Å². The molecule has 0 N–H and O–H groups in total. The van der Waals surface area contributed by atoms with Crippen molar-refractivity contribution in [1.29, 1.82) is 0 Å². The van der Waals surface area contributed by atoms with Crippen LogP contribution >= 0.6 is 7.60 Å². The lowest BCUT2D eigenvalue weighted by atomic mass is 10.1. The van der Waals surface area contributed by atoms with Crippen LogP contribution in [0.3, 0.4) is 0 Å². The third kappa shape index (κ3) is 2.76. The summed E-state index contributed by atoms with van der Waals surface area (Å²) >= 11 is 0. The van der Waals surface area contributed by atoms with Gasteiger partial charge in [-0.2, -0.15) is 8.78 Å². The standard InChI is InChI=1S/C12H21F2O5P/c1-5-17-10(15)9-8-11(9,4)12(13,14)20(16,18-6-2)19-7-3/h9H,5-8H2,1-4H3/t9-,11-/m1/s1. The summed E-state index contributed by atoms with van der Waals surface area (Å²) in [5.74, 6) is -1.68. The van der Waals surface area contributed by atoms with E-state index in [-0.39, 0.29) is 26.2 Å². The van der Waals surface area contributed by atoms with Crippen LogP contribution in [0.5, 0.6) is 0 Å². The van der Waals surface area contributed by atoms with E-state index in [1.165, 1.54) is 20.8 Å². The minimum Gasteiger partial charge on any atom is -0.466 e. The highest BCUT2D eigenvalue weighted by Crippen LogP contribution is 2.76. The molecule has 1 aliphatic carbocycles. The Balaban J connectivity index is 2.98. The summed E-state index contributed by atoms with van der Waals surface area (Å²) in [5, 5.41) is 0. The van der Waals surface area contributed by atoms with E-state index in [0.717, 1.165) is 0 Å². The number of hydrogen-bond donors (Lipinski definition) is 0. The lowest BCUT2D eigenvalue weighted by molar-refractivity contribution is -0.147. The van der Waals surface area contributed by atoms with Crippen molar-refractivity contribution in [3.63, 3.8) is 0 Å². The normalized spacial score (nSPS) is 26.4. The Kier molecular flexibility index (Phi) is 5.33. The first-order valence-corrected chi connectivity index (χ1v) is 8.18. The van der Waals surface area contributed by atoms with Crippen molar-refractivity contribution >= 4 is 13.6 Å². The van der Waals surface area contributed by atoms with Gasteiger partial charge in [0, 0.05) is 0 Å². The second kappa shape index (κ2) is 6.08. The molecule has 0 heterocycles. The van der Waals surface area contributed by atoms with Crippen LogP contribution in [0, 0.1) is 11.3 Å². The van der Waals surface area contributed by atoms with E-state index in [0.29, 0.717) is 0 Å². The largest absolute Gasteiger partial charge is 0.466 e. The number of esters is 1. The van der Waals surface area contributed by atoms with Gasteiger partial charge in [0.15, 0.2) is 0 Å². The van der Waals surface area contributed by atoms with E-state index in [2.05, 4.69) is 0 Å². The van der Waals surface area contributed by atoms with Crippen molar-refractivity contribution in [2.24, 2.45) is 11.3 Å². The summed E-state index contributed by atoms with van der Waals surface area (Å²) in [5.41, 5.74) is -5.48. The van der Waals surface area contributed by atoms with Crippen LogP contribution in [0.25, 0.3) is 0 Å². The van der Waals surface area contributed by atoms with E-state index in [9.17, 15) is 18.1 Å². The molecule has 118 valence electrons. The van der Waals surface area contributed by atoms with Crippen molar-refractivity contribution in [2.75, 3.05) is 19.8 Å². The van der Waals surface area contributed by atoms with Gasteiger partial charge < -0.3 is 13.8 Å². The summed E-state index contributed by atoms with van der Waals surface area (Å²) in [4.78, 5) is 11.6. The van der Waals surface area contributed by atoms with Crippen LogP contribution in [0.2, 0.25) is 0 Å². The molecule has 0 aromatic rings. The van der Waals surface area contributed by atoms with E-state index in [4.69, 9.17) is 13.8 Å². The van der Waals surface area contributed by atoms with Crippen LogP contribution in [-0.2, 0) is 23.1 Å². The smallest absolute Gasteiger partial charge is 0.400 e. The molecule has 5 nitrogen and oxygen atoms in total. The van der Waals surface area contributed by atoms with E-state index in [1.54, 1.807) is 6.92 Å². The summed E-state index contributed by atoms with van der Waals surface area (Å²) in [7, 11) is -4.62. The number of ether oxygens (including phenoxy) is 1. The third-order valence-electron chi connectivity index (χ3n) is 3.44. The Morgan fingerprint density at radius 1 is 1.25 bits per heavy atom. The van der Waals surface area contributed by atoms with Crippen molar-refractivity contribution in [2.45, 2.75) is 39.8 Å². The van der Waals surface area contributed by atoms with Gasteiger partial charge in [-0.05, 0) is 27.2 Å². The zero-order valence-corrected chi connectivity index (χ0v) is 13.0. The van der Waals surface area contributed by atoms with Gasteiger partial charge in [0.25, 0.3) is 0 Å². The topological polar surface area (TPSA) is 61.8 Å². The molecule has 20 heavy (non-hydrogen) atoms. The van der Waals surface area contributed by atoms with Gasteiger partial charge in [0.05, 0.1) is 31.2 Å². The number of halogens is 2. The molecule has 1 aliphatic rings. The average molecular weight is 314 g/mol. The van der Waals surface area contributed by atoms with Gasteiger partial charge in [0.2, 0.25) is 0 Å². The first kappa shape index (κ1) is 17.5. The number of hydrogen-bond acceptors (Lipinski definition) is 5. The Hall–Kier alpha value is -0.520. The summed E-state index contributed by atoms with van der Waals surface area (Å²) in [6.07, 6.45) is -0.0943. The molecule has 0 aromatic carbocycles. The zero-order valence-electron chi connectivity index (χ0n) is 12.2. The van der Waals surface area contributed by atoms with Crippen molar-refractivity contribution in [3.05, 3.63) is 0 Å². The molecule has 0 amide bonds. The first-order chi connectivity index (χ1) is 9.20. The molecule has 0 saturated heterocycles. The Morgan fingerprint density at radius 2 is 1.75 bits per heavy atom. The molecule has 2 atom stereocenters. The lowest BCUT2D eigenvalue weighted by Crippen LogP contribution is -2.33. The first-order valence-electron chi connectivity index (χ1n) is 6.63. The van der Waals surface area contributed by atoms with Crippen molar-refractivity contribution in [3.8, 4) is 0 Å². The number of alkyl halides is 2. The summed E-state index contributed by atoms with van der Waals surface area (Å²) in [6.45, 7) is 5.52. The fourth-order valence-corrected chi connectivity index (χ4v) is 4.09. The van der Waals surface area contributed by atoms with Crippen LogP contribution < -0.4 is 0 Å². The highest BCUT2D eigenvalue weighted by Gasteiger charge is 2.77. The molecule has 1 rings (SSSR count). The molecule has 0 unspecified atom stereocenters. The summed E-state index contributed by atoms with van der Waals surface area (Å²) < 4.78 is 55.6. The molecule has 1 fully saturated rings. The van der Waals surface area contributed by atoms with Gasteiger partial charge in [-0.1, -0.05) is 6.92 Å². The summed E-state index contributed by atoms with van der Waals surface area (Å²) in [6, 6.07) is 0. The SMILES string of the molecule is CCOC(=O)[C@H]1C[C@@]1(C)C(F)(F)P(=O)(OCC)OCC. The average Bonchev–Trinajstić information content (AvgIpc) is 3.04. The highest BCUT2D eigenvalue weighted by atomic mass is 31.2. The zero-order chi connectivity index (χ0) is 15.6. The monoisotopic (exact) mass is 314 g/mol. The van der Waals surface area contributed by atoms with Gasteiger partial charge in [-0.3, -0.25) is 9.36 Å². The Labute approximate surface area is 117 Å². The van der Waals surface area contributed by atoms with Crippen molar-refractivity contribution < 1.29 is 31.9 Å². The maximum Gasteiger partial charge on any atom is 0.400 e. The fourth-order valence-electron chi connectivity index (χ4n) is 2.14. The maximum atomic E-state index is 14.5. The van der Waals surface area contributed by atoms with Gasteiger partial charge >= 0.3 is 19.2 Å². The van der Waals surface area contributed by atoms with Gasteiger partial charge in [-0.15, -0.1) is 0 Å².